The van der Waals surface area contributed by atoms with Crippen molar-refractivity contribution >= 4 is 28.2 Å². The van der Waals surface area contributed by atoms with Crippen molar-refractivity contribution in [3.63, 3.8) is 0 Å². The summed E-state index contributed by atoms with van der Waals surface area (Å²) in [6.45, 7) is 6.70. The Bertz CT molecular complexity index is 421. The second-order valence-electron chi connectivity index (χ2n) is 5.71. The highest BCUT2D eigenvalue weighted by atomic mass is 32.2. The Morgan fingerprint density at radius 2 is 2.20 bits per heavy atom. The van der Waals surface area contributed by atoms with Crippen LogP contribution in [-0.4, -0.2) is 36.1 Å². The average Bonchev–Trinajstić information content (AvgIpc) is 3.26. The monoisotopic (exact) mass is 311 g/mol. The van der Waals surface area contributed by atoms with E-state index in [4.69, 9.17) is 4.98 Å². The number of thioether (sulfide) groups is 1. The topological polar surface area (TPSA) is 28.2 Å². The number of rotatable bonds is 6. The van der Waals surface area contributed by atoms with Crippen LogP contribution in [0.5, 0.6) is 0 Å². The SMILES string of the molecule is CCCNCc1sc(N2CCCSCC2)nc1C1CC1. The molecule has 0 unspecified atom stereocenters. The molecular formula is C15H25N3S2. The first-order valence-electron chi connectivity index (χ1n) is 7.91. The van der Waals surface area contributed by atoms with Crippen LogP contribution in [0.4, 0.5) is 5.13 Å². The second-order valence-corrected chi connectivity index (χ2v) is 8.00. The summed E-state index contributed by atoms with van der Waals surface area (Å²) < 4.78 is 0. The summed E-state index contributed by atoms with van der Waals surface area (Å²) in [5, 5.41) is 4.83. The van der Waals surface area contributed by atoms with Gasteiger partial charge in [0.15, 0.2) is 5.13 Å². The fourth-order valence-corrected chi connectivity index (χ4v) is 4.66. The molecule has 1 N–H and O–H groups in total. The molecule has 0 spiro atoms. The summed E-state index contributed by atoms with van der Waals surface area (Å²) in [6, 6.07) is 0. The summed E-state index contributed by atoms with van der Waals surface area (Å²) in [4.78, 5) is 9.02. The molecule has 0 radical (unpaired) electrons. The first kappa shape index (κ1) is 14.7. The van der Waals surface area contributed by atoms with Crippen molar-refractivity contribution in [1.82, 2.24) is 10.3 Å². The first-order chi connectivity index (χ1) is 9.88. The van der Waals surface area contributed by atoms with Crippen LogP contribution in [-0.2, 0) is 6.54 Å². The molecule has 5 heteroatoms. The highest BCUT2D eigenvalue weighted by molar-refractivity contribution is 7.99. The fourth-order valence-electron chi connectivity index (χ4n) is 2.60. The molecule has 0 atom stereocenters. The van der Waals surface area contributed by atoms with Gasteiger partial charge in [0, 0.05) is 36.2 Å². The van der Waals surface area contributed by atoms with Crippen LogP contribution in [0.1, 0.15) is 49.1 Å². The lowest BCUT2D eigenvalue weighted by atomic mass is 10.2. The van der Waals surface area contributed by atoms with E-state index >= 15 is 0 Å². The van der Waals surface area contributed by atoms with Crippen LogP contribution in [0.15, 0.2) is 0 Å². The largest absolute Gasteiger partial charge is 0.347 e. The molecule has 2 aliphatic rings. The van der Waals surface area contributed by atoms with Crippen LogP contribution in [0.3, 0.4) is 0 Å². The Balaban J connectivity index is 1.71. The average molecular weight is 312 g/mol. The molecule has 20 heavy (non-hydrogen) atoms. The maximum absolute atomic E-state index is 5.01. The third-order valence-corrected chi connectivity index (χ3v) is 6.07. The molecule has 1 aliphatic carbocycles. The maximum atomic E-state index is 5.01. The number of hydrogen-bond acceptors (Lipinski definition) is 5. The van der Waals surface area contributed by atoms with E-state index in [0.29, 0.717) is 0 Å². The molecule has 3 rings (SSSR count). The molecule has 1 saturated carbocycles. The zero-order valence-electron chi connectivity index (χ0n) is 12.4. The first-order valence-corrected chi connectivity index (χ1v) is 9.88. The molecule has 1 aromatic heterocycles. The summed E-state index contributed by atoms with van der Waals surface area (Å²) in [5.74, 6) is 3.32. The van der Waals surface area contributed by atoms with Gasteiger partial charge in [-0.1, -0.05) is 6.92 Å². The molecule has 1 aromatic rings. The Morgan fingerprint density at radius 1 is 1.30 bits per heavy atom. The van der Waals surface area contributed by atoms with Crippen molar-refractivity contribution in [2.45, 2.75) is 45.1 Å². The van der Waals surface area contributed by atoms with E-state index < -0.39 is 0 Å². The Kier molecular flexibility index (Phi) is 5.24. The van der Waals surface area contributed by atoms with E-state index in [2.05, 4.69) is 28.9 Å². The van der Waals surface area contributed by atoms with E-state index in [0.717, 1.165) is 19.0 Å². The van der Waals surface area contributed by atoms with Crippen LogP contribution in [0.25, 0.3) is 0 Å². The molecule has 3 nitrogen and oxygen atoms in total. The Labute approximate surface area is 130 Å². The molecule has 2 heterocycles. The van der Waals surface area contributed by atoms with E-state index in [-0.39, 0.29) is 0 Å². The predicted octanol–water partition coefficient (Wildman–Crippen LogP) is 3.46. The lowest BCUT2D eigenvalue weighted by molar-refractivity contribution is 0.676. The standard InChI is InChI=1S/C15H25N3S2/c1-2-6-16-11-13-14(12-4-5-12)17-15(20-13)18-7-3-9-19-10-8-18/h12,16H,2-11H2,1H3. The van der Waals surface area contributed by atoms with E-state index in [1.807, 2.05) is 11.3 Å². The fraction of sp³-hybridized carbons (Fsp3) is 0.800. The highest BCUT2D eigenvalue weighted by Gasteiger charge is 2.30. The number of thiazole rings is 1. The van der Waals surface area contributed by atoms with Crippen LogP contribution in [0, 0.1) is 0 Å². The number of anilines is 1. The maximum Gasteiger partial charge on any atom is 0.185 e. The smallest absolute Gasteiger partial charge is 0.185 e. The minimum atomic E-state index is 0.764. The second kappa shape index (κ2) is 7.14. The van der Waals surface area contributed by atoms with Crippen molar-refractivity contribution in [2.24, 2.45) is 0 Å². The van der Waals surface area contributed by atoms with E-state index in [1.165, 1.54) is 66.0 Å². The molecule has 1 aliphatic heterocycles. The predicted molar refractivity (Wildman–Crippen MR) is 90.2 cm³/mol. The van der Waals surface area contributed by atoms with Crippen molar-refractivity contribution < 1.29 is 0 Å². The third kappa shape index (κ3) is 3.68. The molecule has 0 aromatic carbocycles. The van der Waals surface area contributed by atoms with Gasteiger partial charge in [-0.15, -0.1) is 11.3 Å². The molecular weight excluding hydrogens is 286 g/mol. The normalized spacial score (nSPS) is 20.1. The Morgan fingerprint density at radius 3 is 3.00 bits per heavy atom. The molecule has 2 fully saturated rings. The van der Waals surface area contributed by atoms with Crippen LogP contribution < -0.4 is 10.2 Å². The van der Waals surface area contributed by atoms with Gasteiger partial charge in [-0.2, -0.15) is 11.8 Å². The third-order valence-electron chi connectivity index (χ3n) is 3.89. The summed E-state index contributed by atoms with van der Waals surface area (Å²) >= 11 is 4.02. The van der Waals surface area contributed by atoms with E-state index in [1.54, 1.807) is 0 Å². The lowest BCUT2D eigenvalue weighted by Crippen LogP contribution is -2.25. The van der Waals surface area contributed by atoms with Crippen molar-refractivity contribution in [3.05, 3.63) is 10.6 Å². The zero-order valence-corrected chi connectivity index (χ0v) is 14.0. The van der Waals surface area contributed by atoms with Gasteiger partial charge in [-0.25, -0.2) is 4.98 Å². The van der Waals surface area contributed by atoms with Crippen LogP contribution >= 0.6 is 23.1 Å². The molecule has 112 valence electrons. The number of hydrogen-bond donors (Lipinski definition) is 1. The van der Waals surface area contributed by atoms with Gasteiger partial charge in [0.05, 0.1) is 5.69 Å². The molecule has 0 amide bonds. The summed E-state index contributed by atoms with van der Waals surface area (Å²) in [5.41, 5.74) is 1.41. The molecule has 1 saturated heterocycles. The van der Waals surface area contributed by atoms with Gasteiger partial charge in [-0.3, -0.25) is 0 Å². The van der Waals surface area contributed by atoms with Gasteiger partial charge >= 0.3 is 0 Å². The van der Waals surface area contributed by atoms with Crippen LogP contribution in [0.2, 0.25) is 0 Å². The van der Waals surface area contributed by atoms with Gasteiger partial charge in [0.2, 0.25) is 0 Å². The van der Waals surface area contributed by atoms with Gasteiger partial charge in [0.25, 0.3) is 0 Å². The minimum Gasteiger partial charge on any atom is -0.347 e. The van der Waals surface area contributed by atoms with Crippen molar-refractivity contribution in [1.29, 1.82) is 0 Å². The lowest BCUT2D eigenvalue weighted by Gasteiger charge is -2.18. The number of nitrogens with one attached hydrogen (secondary N) is 1. The van der Waals surface area contributed by atoms with E-state index in [9.17, 15) is 0 Å². The molecule has 0 bridgehead atoms. The number of aromatic nitrogens is 1. The summed E-state index contributed by atoms with van der Waals surface area (Å²) in [7, 11) is 0. The van der Waals surface area contributed by atoms with Crippen molar-refractivity contribution in [3.8, 4) is 0 Å². The minimum absolute atomic E-state index is 0.764. The highest BCUT2D eigenvalue weighted by Crippen LogP contribution is 2.44. The zero-order chi connectivity index (χ0) is 13.8. The quantitative estimate of drug-likeness (QED) is 0.814. The van der Waals surface area contributed by atoms with Gasteiger partial charge < -0.3 is 10.2 Å². The number of nitrogens with zero attached hydrogens (tertiary/aromatic N) is 2. The Hall–Kier alpha value is -0.260. The van der Waals surface area contributed by atoms with Crippen molar-refractivity contribution in [2.75, 3.05) is 36.0 Å². The summed E-state index contributed by atoms with van der Waals surface area (Å²) in [6.07, 6.45) is 5.19. The van der Waals surface area contributed by atoms with Gasteiger partial charge in [-0.05, 0) is 38.0 Å². The van der Waals surface area contributed by atoms with Gasteiger partial charge in [0.1, 0.15) is 0 Å².